The van der Waals surface area contributed by atoms with Gasteiger partial charge in [-0.1, -0.05) is 63.6 Å². The Kier molecular flexibility index (Phi) is 11.0. The van der Waals surface area contributed by atoms with E-state index in [1.165, 1.54) is 4.90 Å². The highest BCUT2D eigenvalue weighted by molar-refractivity contribution is 6.31. The minimum atomic E-state index is -1.01. The molecule has 1 aromatic carbocycles. The molecular formula is C33H44ClFN6O2. The number of aromatic nitrogens is 2. The summed E-state index contributed by atoms with van der Waals surface area (Å²) < 4.78 is 20.2. The predicted molar refractivity (Wildman–Crippen MR) is 168 cm³/mol. The minimum absolute atomic E-state index is 0.0806. The van der Waals surface area contributed by atoms with Crippen molar-refractivity contribution in [3.8, 4) is 12.1 Å². The van der Waals surface area contributed by atoms with E-state index >= 15 is 0 Å². The standard InChI is InChI=1S/C33H44ClFN6O2/c1-6-10-27-29(33(3,4)16-14-24-11-7-8-13-28(24)34)37-32(43-22-26-12-9-18-39(26)5)38-30(27)40-19-20-41(31(42)23(2)35)25(21-40)15-17-36/h7-8,11,13,25-26H,2,6,9-10,12,14-16,18-22H2,1,3-5H3. The van der Waals surface area contributed by atoms with Crippen molar-refractivity contribution in [2.45, 2.75) is 83.2 Å². The molecule has 1 amide bonds. The number of likely N-dealkylation sites (N-methyl/N-ethyl adjacent to an activating group) is 1. The van der Waals surface area contributed by atoms with Crippen LogP contribution in [0.15, 0.2) is 36.7 Å². The number of hydrogen-bond donors (Lipinski definition) is 0. The summed E-state index contributed by atoms with van der Waals surface area (Å²) >= 11 is 6.50. The van der Waals surface area contributed by atoms with Gasteiger partial charge in [-0.05, 0) is 57.3 Å². The van der Waals surface area contributed by atoms with Crippen LogP contribution in [0, 0.1) is 11.3 Å². The van der Waals surface area contributed by atoms with E-state index in [4.69, 9.17) is 26.3 Å². The van der Waals surface area contributed by atoms with E-state index in [1.807, 2.05) is 18.2 Å². The Bertz CT molecular complexity index is 1350. The quantitative estimate of drug-likeness (QED) is 0.277. The van der Waals surface area contributed by atoms with Gasteiger partial charge in [0.05, 0.1) is 24.2 Å². The number of piperazine rings is 1. The highest BCUT2D eigenvalue weighted by atomic mass is 35.5. The maximum atomic E-state index is 13.8. The Balaban J connectivity index is 1.72. The van der Waals surface area contributed by atoms with E-state index in [0.29, 0.717) is 31.7 Å². The topological polar surface area (TPSA) is 85.6 Å². The van der Waals surface area contributed by atoms with Crippen LogP contribution in [0.25, 0.3) is 0 Å². The smallest absolute Gasteiger partial charge is 0.318 e. The molecule has 2 unspecified atom stereocenters. The average molecular weight is 611 g/mol. The average Bonchev–Trinajstić information content (AvgIpc) is 3.40. The van der Waals surface area contributed by atoms with Crippen LogP contribution in [0.3, 0.4) is 0 Å². The van der Waals surface area contributed by atoms with Crippen LogP contribution in [-0.2, 0) is 23.1 Å². The van der Waals surface area contributed by atoms with Crippen LogP contribution < -0.4 is 9.64 Å². The first-order chi connectivity index (χ1) is 20.6. The summed E-state index contributed by atoms with van der Waals surface area (Å²) in [5.41, 5.74) is 2.74. The molecule has 2 saturated heterocycles. The van der Waals surface area contributed by atoms with Gasteiger partial charge in [0, 0.05) is 41.7 Å². The molecule has 2 aliphatic rings. The van der Waals surface area contributed by atoms with Crippen LogP contribution >= 0.6 is 11.6 Å². The molecule has 4 rings (SSSR count). The van der Waals surface area contributed by atoms with E-state index in [0.717, 1.165) is 72.7 Å². The van der Waals surface area contributed by atoms with Crippen molar-refractivity contribution in [3.63, 3.8) is 0 Å². The lowest BCUT2D eigenvalue weighted by atomic mass is 9.80. The zero-order valence-corrected chi connectivity index (χ0v) is 26.7. The van der Waals surface area contributed by atoms with Gasteiger partial charge >= 0.3 is 6.01 Å². The van der Waals surface area contributed by atoms with Crippen molar-refractivity contribution in [1.82, 2.24) is 19.8 Å². The number of benzene rings is 1. The largest absolute Gasteiger partial charge is 0.462 e. The minimum Gasteiger partial charge on any atom is -0.462 e. The maximum Gasteiger partial charge on any atom is 0.318 e. The lowest BCUT2D eigenvalue weighted by Gasteiger charge is -2.42. The van der Waals surface area contributed by atoms with Crippen molar-refractivity contribution < 1.29 is 13.9 Å². The van der Waals surface area contributed by atoms with E-state index in [-0.39, 0.29) is 18.4 Å². The number of anilines is 1. The number of hydrogen-bond acceptors (Lipinski definition) is 7. The molecule has 2 aliphatic heterocycles. The summed E-state index contributed by atoms with van der Waals surface area (Å²) in [5.74, 6) is -1.01. The predicted octanol–water partition coefficient (Wildman–Crippen LogP) is 5.88. The molecule has 8 nitrogen and oxygen atoms in total. The zero-order chi connectivity index (χ0) is 31.1. The third-order valence-electron chi connectivity index (χ3n) is 8.76. The van der Waals surface area contributed by atoms with E-state index < -0.39 is 17.8 Å². The number of halogens is 2. The summed E-state index contributed by atoms with van der Waals surface area (Å²) in [6.45, 7) is 12.3. The van der Waals surface area contributed by atoms with Crippen molar-refractivity contribution in [3.05, 3.63) is 58.5 Å². The van der Waals surface area contributed by atoms with Crippen LogP contribution in [0.1, 0.15) is 69.7 Å². The van der Waals surface area contributed by atoms with E-state index in [1.54, 1.807) is 0 Å². The molecule has 0 N–H and O–H groups in total. The molecule has 0 spiro atoms. The zero-order valence-electron chi connectivity index (χ0n) is 25.9. The van der Waals surface area contributed by atoms with E-state index in [2.05, 4.69) is 56.3 Å². The fourth-order valence-corrected chi connectivity index (χ4v) is 6.43. The Morgan fingerprint density at radius 1 is 1.21 bits per heavy atom. The molecule has 0 bridgehead atoms. The number of nitriles is 1. The number of rotatable bonds is 12. The molecule has 232 valence electrons. The Labute approximate surface area is 260 Å². The van der Waals surface area contributed by atoms with Crippen molar-refractivity contribution in [2.24, 2.45) is 0 Å². The third-order valence-corrected chi connectivity index (χ3v) is 9.13. The summed E-state index contributed by atoms with van der Waals surface area (Å²) in [5, 5.41) is 10.3. The Hall–Kier alpha value is -3.22. The number of amides is 1. The lowest BCUT2D eigenvalue weighted by Crippen LogP contribution is -2.55. The molecule has 2 fully saturated rings. The van der Waals surface area contributed by atoms with Gasteiger partial charge in [-0.3, -0.25) is 4.79 Å². The highest BCUT2D eigenvalue weighted by Gasteiger charge is 2.36. The van der Waals surface area contributed by atoms with Gasteiger partial charge in [-0.2, -0.15) is 15.2 Å². The van der Waals surface area contributed by atoms with Crippen LogP contribution in [0.2, 0.25) is 5.02 Å². The lowest BCUT2D eigenvalue weighted by molar-refractivity contribution is -0.131. The fraction of sp³-hybridized carbons (Fsp3) is 0.576. The number of carbonyl (C=O) groups is 1. The first-order valence-corrected chi connectivity index (χ1v) is 15.7. The molecule has 1 aromatic heterocycles. The van der Waals surface area contributed by atoms with Gasteiger partial charge in [0.25, 0.3) is 5.91 Å². The van der Waals surface area contributed by atoms with Gasteiger partial charge < -0.3 is 19.4 Å². The summed E-state index contributed by atoms with van der Waals surface area (Å²) in [6, 6.07) is 10.2. The van der Waals surface area contributed by atoms with Gasteiger partial charge in [0.2, 0.25) is 0 Å². The number of nitrogens with zero attached hydrogens (tertiary/aromatic N) is 6. The summed E-state index contributed by atoms with van der Waals surface area (Å²) in [7, 11) is 2.11. The molecule has 43 heavy (non-hydrogen) atoms. The third kappa shape index (κ3) is 7.84. The monoisotopic (exact) mass is 610 g/mol. The molecule has 2 atom stereocenters. The second kappa shape index (κ2) is 14.5. The summed E-state index contributed by atoms with van der Waals surface area (Å²) in [6.07, 6.45) is 5.54. The first kappa shape index (κ1) is 32.7. The number of carbonyl (C=O) groups excluding carboxylic acids is 1. The highest BCUT2D eigenvalue weighted by Crippen LogP contribution is 2.37. The molecule has 3 heterocycles. The second-order valence-corrected chi connectivity index (χ2v) is 12.7. The second-order valence-electron chi connectivity index (χ2n) is 12.3. The Morgan fingerprint density at radius 2 is 1.98 bits per heavy atom. The molecule has 10 heteroatoms. The van der Waals surface area contributed by atoms with Gasteiger partial charge in [-0.25, -0.2) is 4.39 Å². The molecular weight excluding hydrogens is 567 g/mol. The molecule has 0 aliphatic carbocycles. The summed E-state index contributed by atoms with van der Waals surface area (Å²) in [4.78, 5) is 28.4. The molecule has 0 radical (unpaired) electrons. The van der Waals surface area contributed by atoms with Crippen LogP contribution in [0.4, 0.5) is 10.2 Å². The molecule has 2 aromatic rings. The van der Waals surface area contributed by atoms with Gasteiger partial charge in [-0.15, -0.1) is 0 Å². The van der Waals surface area contributed by atoms with Gasteiger partial charge in [0.15, 0.2) is 5.83 Å². The maximum absolute atomic E-state index is 13.8. The Morgan fingerprint density at radius 3 is 2.63 bits per heavy atom. The van der Waals surface area contributed by atoms with Gasteiger partial charge in [0.1, 0.15) is 12.4 Å². The van der Waals surface area contributed by atoms with Crippen molar-refractivity contribution in [1.29, 1.82) is 5.26 Å². The number of aryl methyl sites for hydroxylation is 1. The van der Waals surface area contributed by atoms with E-state index in [9.17, 15) is 14.4 Å². The SMILES string of the molecule is C=C(F)C(=O)N1CCN(c2nc(OCC3CCCN3C)nc(C(C)(C)CCc3ccccc3Cl)c2CCC)CC1CC#N. The molecule has 0 saturated carbocycles. The fourth-order valence-electron chi connectivity index (χ4n) is 6.20. The van der Waals surface area contributed by atoms with Crippen LogP contribution in [0.5, 0.6) is 6.01 Å². The van der Waals surface area contributed by atoms with Crippen molar-refractivity contribution >= 4 is 23.3 Å². The van der Waals surface area contributed by atoms with Crippen molar-refractivity contribution in [2.75, 3.05) is 44.7 Å². The first-order valence-electron chi connectivity index (χ1n) is 15.3. The number of likely N-dealkylation sites (tertiary alicyclic amines) is 1. The van der Waals surface area contributed by atoms with Crippen LogP contribution in [-0.4, -0.2) is 77.6 Å². The number of ether oxygens (including phenoxy) is 1. The normalized spacial score (nSPS) is 19.4.